The Kier molecular flexibility index (Phi) is 4.48. The number of hydrogen-bond acceptors (Lipinski definition) is 2. The average molecular weight is 377 g/mol. The quantitative estimate of drug-likeness (QED) is 0.771. The highest BCUT2D eigenvalue weighted by Gasteiger charge is 2.39. The Labute approximate surface area is 156 Å². The molecule has 0 spiro atoms. The Bertz CT molecular complexity index is 848. The van der Waals surface area contributed by atoms with E-state index in [0.29, 0.717) is 23.0 Å². The highest BCUT2D eigenvalue weighted by molar-refractivity contribution is 5.95. The molecule has 0 atom stereocenters. The van der Waals surface area contributed by atoms with Crippen molar-refractivity contribution in [3.8, 4) is 5.69 Å². The van der Waals surface area contributed by atoms with Crippen molar-refractivity contribution in [2.45, 2.75) is 63.7 Å². The van der Waals surface area contributed by atoms with Gasteiger partial charge in [-0.3, -0.25) is 4.79 Å². The Morgan fingerprint density at radius 2 is 1.81 bits per heavy atom. The maximum Gasteiger partial charge on any atom is 0.416 e. The summed E-state index contributed by atoms with van der Waals surface area (Å²) in [6, 6.07) is 5.60. The van der Waals surface area contributed by atoms with E-state index >= 15 is 0 Å². The standard InChI is InChI=1S/C20H22F3N3O/c1-13-18(19(27)25(16-9-10-16)15-6-2-3-7-15)12-24-26(13)17-8-4-5-14(11-17)20(21,22)23/h4-5,8,11-12,15-16H,2-3,6-7,9-10H2,1H3. The van der Waals surface area contributed by atoms with E-state index in [4.69, 9.17) is 0 Å². The lowest BCUT2D eigenvalue weighted by atomic mass is 10.1. The number of hydrogen-bond donors (Lipinski definition) is 0. The number of benzene rings is 1. The first kappa shape index (κ1) is 18.1. The van der Waals surface area contributed by atoms with E-state index in [9.17, 15) is 18.0 Å². The molecule has 0 radical (unpaired) electrons. The van der Waals surface area contributed by atoms with Crippen LogP contribution in [0.3, 0.4) is 0 Å². The molecule has 0 unspecified atom stereocenters. The summed E-state index contributed by atoms with van der Waals surface area (Å²) in [5, 5.41) is 4.22. The van der Waals surface area contributed by atoms with E-state index < -0.39 is 11.7 Å². The first-order chi connectivity index (χ1) is 12.9. The predicted octanol–water partition coefficient (Wildman–Crippen LogP) is 4.75. The number of alkyl halides is 3. The van der Waals surface area contributed by atoms with Crippen LogP contribution in [-0.2, 0) is 6.18 Å². The van der Waals surface area contributed by atoms with Crippen LogP contribution in [0.2, 0.25) is 0 Å². The van der Waals surface area contributed by atoms with Crippen LogP contribution in [0.1, 0.15) is 60.1 Å². The van der Waals surface area contributed by atoms with Crippen molar-refractivity contribution in [1.29, 1.82) is 0 Å². The zero-order valence-corrected chi connectivity index (χ0v) is 15.2. The van der Waals surface area contributed by atoms with Gasteiger partial charge in [0.2, 0.25) is 0 Å². The van der Waals surface area contributed by atoms with Crippen LogP contribution in [0.15, 0.2) is 30.5 Å². The molecule has 27 heavy (non-hydrogen) atoms. The smallest absolute Gasteiger partial charge is 0.333 e. The molecule has 144 valence electrons. The van der Waals surface area contributed by atoms with E-state index in [0.717, 1.165) is 50.7 Å². The van der Waals surface area contributed by atoms with Crippen LogP contribution in [-0.4, -0.2) is 32.7 Å². The van der Waals surface area contributed by atoms with Crippen molar-refractivity contribution >= 4 is 5.91 Å². The number of halogens is 3. The molecule has 2 saturated carbocycles. The highest BCUT2D eigenvalue weighted by atomic mass is 19.4. The van der Waals surface area contributed by atoms with Crippen LogP contribution < -0.4 is 0 Å². The number of carbonyl (C=O) groups is 1. The van der Waals surface area contributed by atoms with Crippen LogP contribution >= 0.6 is 0 Å². The third-order valence-electron chi connectivity index (χ3n) is 5.55. The predicted molar refractivity (Wildman–Crippen MR) is 94.8 cm³/mol. The molecule has 2 aromatic rings. The molecular formula is C20H22F3N3O. The van der Waals surface area contributed by atoms with Gasteiger partial charge >= 0.3 is 6.18 Å². The second-order valence-corrected chi connectivity index (χ2v) is 7.49. The van der Waals surface area contributed by atoms with E-state index in [2.05, 4.69) is 5.10 Å². The lowest BCUT2D eigenvalue weighted by Gasteiger charge is -2.29. The van der Waals surface area contributed by atoms with E-state index in [-0.39, 0.29) is 11.9 Å². The molecule has 7 heteroatoms. The first-order valence-corrected chi connectivity index (χ1v) is 9.41. The van der Waals surface area contributed by atoms with Gasteiger partial charge in [-0.05, 0) is 50.8 Å². The van der Waals surface area contributed by atoms with Gasteiger partial charge in [-0.2, -0.15) is 18.3 Å². The van der Waals surface area contributed by atoms with Gasteiger partial charge < -0.3 is 4.90 Å². The molecule has 2 aliphatic rings. The van der Waals surface area contributed by atoms with Crippen LogP contribution in [0.25, 0.3) is 5.69 Å². The maximum absolute atomic E-state index is 13.2. The summed E-state index contributed by atoms with van der Waals surface area (Å²) < 4.78 is 40.4. The monoisotopic (exact) mass is 377 g/mol. The number of aromatic nitrogens is 2. The van der Waals surface area contributed by atoms with Gasteiger partial charge in [0.25, 0.3) is 5.91 Å². The third kappa shape index (κ3) is 3.47. The summed E-state index contributed by atoms with van der Waals surface area (Å²) in [6.45, 7) is 1.74. The summed E-state index contributed by atoms with van der Waals surface area (Å²) in [7, 11) is 0. The molecule has 2 fully saturated rings. The number of carbonyl (C=O) groups excluding carboxylic acids is 1. The molecule has 1 aromatic heterocycles. The topological polar surface area (TPSA) is 38.1 Å². The number of rotatable bonds is 4. The van der Waals surface area contributed by atoms with Gasteiger partial charge in [0.1, 0.15) is 0 Å². The van der Waals surface area contributed by atoms with Gasteiger partial charge in [-0.15, -0.1) is 0 Å². The largest absolute Gasteiger partial charge is 0.416 e. The van der Waals surface area contributed by atoms with Crippen molar-refractivity contribution < 1.29 is 18.0 Å². The van der Waals surface area contributed by atoms with Crippen molar-refractivity contribution in [1.82, 2.24) is 14.7 Å². The van der Waals surface area contributed by atoms with Gasteiger partial charge in [0.05, 0.1) is 28.7 Å². The zero-order chi connectivity index (χ0) is 19.2. The fraction of sp³-hybridized carbons (Fsp3) is 0.500. The van der Waals surface area contributed by atoms with Crippen molar-refractivity contribution in [3.63, 3.8) is 0 Å². The molecule has 0 aliphatic heterocycles. The number of amides is 1. The Morgan fingerprint density at radius 3 is 2.44 bits per heavy atom. The summed E-state index contributed by atoms with van der Waals surface area (Å²) >= 11 is 0. The molecule has 0 saturated heterocycles. The van der Waals surface area contributed by atoms with Crippen LogP contribution in [0.5, 0.6) is 0 Å². The Hall–Kier alpha value is -2.31. The van der Waals surface area contributed by atoms with Crippen LogP contribution in [0, 0.1) is 6.92 Å². The molecular weight excluding hydrogens is 355 g/mol. The number of nitrogens with zero attached hydrogens (tertiary/aromatic N) is 3. The second kappa shape index (κ2) is 6.69. The molecule has 2 aliphatic carbocycles. The Morgan fingerprint density at radius 1 is 1.15 bits per heavy atom. The lowest BCUT2D eigenvalue weighted by Crippen LogP contribution is -2.40. The van der Waals surface area contributed by atoms with Crippen LogP contribution in [0.4, 0.5) is 13.2 Å². The maximum atomic E-state index is 13.2. The normalized spacial score (nSPS) is 18.1. The summed E-state index contributed by atoms with van der Waals surface area (Å²) in [5.74, 6) is -0.0416. The minimum atomic E-state index is -4.42. The third-order valence-corrected chi connectivity index (χ3v) is 5.55. The van der Waals surface area contributed by atoms with Gasteiger partial charge in [0.15, 0.2) is 0 Å². The molecule has 0 N–H and O–H groups in total. The van der Waals surface area contributed by atoms with Gasteiger partial charge in [-0.1, -0.05) is 18.9 Å². The van der Waals surface area contributed by atoms with Gasteiger partial charge in [-0.25, -0.2) is 4.68 Å². The SMILES string of the molecule is Cc1c(C(=O)N(C2CCCC2)C2CC2)cnn1-c1cccc(C(F)(F)F)c1. The zero-order valence-electron chi connectivity index (χ0n) is 15.2. The molecule has 1 aromatic carbocycles. The van der Waals surface area contributed by atoms with Crippen molar-refractivity contribution in [2.24, 2.45) is 0 Å². The average Bonchev–Trinajstić information content (AvgIpc) is 3.15. The van der Waals surface area contributed by atoms with Crippen molar-refractivity contribution in [2.75, 3.05) is 0 Å². The lowest BCUT2D eigenvalue weighted by molar-refractivity contribution is -0.137. The highest BCUT2D eigenvalue weighted by Crippen LogP contribution is 2.36. The summed E-state index contributed by atoms with van der Waals surface area (Å²) in [4.78, 5) is 15.2. The first-order valence-electron chi connectivity index (χ1n) is 9.41. The van der Waals surface area contributed by atoms with E-state index in [1.165, 1.54) is 16.9 Å². The summed E-state index contributed by atoms with van der Waals surface area (Å²) in [5.41, 5.74) is 0.628. The van der Waals surface area contributed by atoms with Gasteiger partial charge in [0, 0.05) is 12.1 Å². The molecule has 0 bridgehead atoms. The van der Waals surface area contributed by atoms with E-state index in [1.807, 2.05) is 4.90 Å². The minimum Gasteiger partial charge on any atom is -0.333 e. The minimum absolute atomic E-state index is 0.0416. The second-order valence-electron chi connectivity index (χ2n) is 7.49. The summed E-state index contributed by atoms with van der Waals surface area (Å²) in [6.07, 6.45) is 3.48. The Balaban J connectivity index is 1.65. The molecule has 4 nitrogen and oxygen atoms in total. The van der Waals surface area contributed by atoms with Crippen molar-refractivity contribution in [3.05, 3.63) is 47.3 Å². The van der Waals surface area contributed by atoms with E-state index in [1.54, 1.807) is 13.0 Å². The molecule has 1 amide bonds. The fourth-order valence-corrected chi connectivity index (χ4v) is 4.00. The molecule has 4 rings (SSSR count). The fourth-order valence-electron chi connectivity index (χ4n) is 4.00. The molecule has 1 heterocycles.